The number of benzene rings is 1. The van der Waals surface area contributed by atoms with Crippen LogP contribution >= 0.6 is 0 Å². The van der Waals surface area contributed by atoms with E-state index < -0.39 is 0 Å². The van der Waals surface area contributed by atoms with Crippen molar-refractivity contribution in [3.05, 3.63) is 41.7 Å². The molecule has 0 fully saturated rings. The first-order valence-corrected chi connectivity index (χ1v) is 5.76. The van der Waals surface area contributed by atoms with Crippen LogP contribution in [0.4, 0.5) is 0 Å². The van der Waals surface area contributed by atoms with E-state index in [0.717, 1.165) is 24.3 Å². The molecule has 1 aromatic carbocycles. The zero-order valence-electron chi connectivity index (χ0n) is 10.1. The van der Waals surface area contributed by atoms with Crippen LogP contribution in [0.15, 0.2) is 30.5 Å². The molecule has 4 nitrogen and oxygen atoms in total. The van der Waals surface area contributed by atoms with Gasteiger partial charge in [-0.15, -0.1) is 0 Å². The lowest BCUT2D eigenvalue weighted by atomic mass is 10.2. The molecular weight excluding hydrogens is 214 g/mol. The summed E-state index contributed by atoms with van der Waals surface area (Å²) in [5.74, 6) is 0.241. The molecule has 0 atom stereocenters. The predicted molar refractivity (Wildman–Crippen MR) is 67.3 cm³/mol. The highest BCUT2D eigenvalue weighted by molar-refractivity contribution is 5.45. The molecule has 0 aliphatic heterocycles. The SMILES string of the molecule is CCNCc1cn(-c2ccccc2O)nc1C. The molecule has 2 N–H and O–H groups in total. The van der Waals surface area contributed by atoms with Crippen molar-refractivity contribution in [2.75, 3.05) is 6.54 Å². The van der Waals surface area contributed by atoms with Gasteiger partial charge >= 0.3 is 0 Å². The molecule has 2 rings (SSSR count). The Labute approximate surface area is 101 Å². The van der Waals surface area contributed by atoms with Crippen LogP contribution in [0, 0.1) is 6.92 Å². The van der Waals surface area contributed by atoms with Gasteiger partial charge in [-0.2, -0.15) is 5.10 Å². The Morgan fingerprint density at radius 3 is 2.82 bits per heavy atom. The zero-order valence-corrected chi connectivity index (χ0v) is 10.1. The molecule has 0 bridgehead atoms. The second kappa shape index (κ2) is 5.01. The van der Waals surface area contributed by atoms with Gasteiger partial charge in [0.25, 0.3) is 0 Å². The number of para-hydroxylation sites is 2. The lowest BCUT2D eigenvalue weighted by Crippen LogP contribution is -2.11. The number of rotatable bonds is 4. The van der Waals surface area contributed by atoms with Gasteiger partial charge in [0.1, 0.15) is 11.4 Å². The van der Waals surface area contributed by atoms with Gasteiger partial charge in [-0.25, -0.2) is 4.68 Å². The highest BCUT2D eigenvalue weighted by atomic mass is 16.3. The lowest BCUT2D eigenvalue weighted by molar-refractivity contribution is 0.470. The maximum absolute atomic E-state index is 9.76. The fraction of sp³-hybridized carbons (Fsp3) is 0.308. The number of nitrogens with zero attached hydrogens (tertiary/aromatic N) is 2. The molecule has 4 heteroatoms. The third kappa shape index (κ3) is 2.47. The van der Waals surface area contributed by atoms with Crippen LogP contribution < -0.4 is 5.32 Å². The predicted octanol–water partition coefficient (Wildman–Crippen LogP) is 2.00. The average molecular weight is 231 g/mol. The van der Waals surface area contributed by atoms with Crippen LogP contribution in [0.3, 0.4) is 0 Å². The van der Waals surface area contributed by atoms with Crippen molar-refractivity contribution >= 4 is 0 Å². The van der Waals surface area contributed by atoms with E-state index in [-0.39, 0.29) is 5.75 Å². The molecule has 0 aliphatic carbocycles. The number of phenolic OH excluding ortho intramolecular Hbond substituents is 1. The Bertz CT molecular complexity index is 505. The van der Waals surface area contributed by atoms with Crippen molar-refractivity contribution in [2.24, 2.45) is 0 Å². The summed E-state index contributed by atoms with van der Waals surface area (Å²) in [5.41, 5.74) is 2.84. The van der Waals surface area contributed by atoms with E-state index in [4.69, 9.17) is 0 Å². The summed E-state index contributed by atoms with van der Waals surface area (Å²) in [6.07, 6.45) is 1.95. The second-order valence-electron chi connectivity index (χ2n) is 3.95. The highest BCUT2D eigenvalue weighted by Crippen LogP contribution is 2.21. The summed E-state index contributed by atoms with van der Waals surface area (Å²) in [6, 6.07) is 7.19. The summed E-state index contributed by atoms with van der Waals surface area (Å²) >= 11 is 0. The van der Waals surface area contributed by atoms with E-state index in [1.807, 2.05) is 25.3 Å². The molecule has 17 heavy (non-hydrogen) atoms. The van der Waals surface area contributed by atoms with Crippen molar-refractivity contribution in [1.29, 1.82) is 0 Å². The molecule has 0 saturated carbocycles. The fourth-order valence-electron chi connectivity index (χ4n) is 1.71. The molecule has 0 saturated heterocycles. The van der Waals surface area contributed by atoms with Crippen LogP contribution in [-0.4, -0.2) is 21.4 Å². The molecular formula is C13H17N3O. The quantitative estimate of drug-likeness (QED) is 0.846. The zero-order chi connectivity index (χ0) is 12.3. The van der Waals surface area contributed by atoms with E-state index in [1.54, 1.807) is 16.8 Å². The minimum absolute atomic E-state index is 0.241. The normalized spacial score (nSPS) is 10.7. The minimum atomic E-state index is 0.241. The number of phenols is 1. The second-order valence-corrected chi connectivity index (χ2v) is 3.95. The smallest absolute Gasteiger partial charge is 0.141 e. The summed E-state index contributed by atoms with van der Waals surface area (Å²) in [4.78, 5) is 0. The Morgan fingerprint density at radius 2 is 2.12 bits per heavy atom. The third-order valence-electron chi connectivity index (χ3n) is 2.69. The number of hydrogen-bond donors (Lipinski definition) is 2. The Balaban J connectivity index is 2.31. The summed E-state index contributed by atoms with van der Waals surface area (Å²) in [6.45, 7) is 5.78. The third-order valence-corrected chi connectivity index (χ3v) is 2.69. The van der Waals surface area contributed by atoms with Crippen molar-refractivity contribution < 1.29 is 5.11 Å². The molecule has 1 aromatic heterocycles. The van der Waals surface area contributed by atoms with Crippen molar-refractivity contribution in [1.82, 2.24) is 15.1 Å². The number of hydrogen-bond acceptors (Lipinski definition) is 3. The molecule has 2 aromatic rings. The first kappa shape index (κ1) is 11.7. The fourth-order valence-corrected chi connectivity index (χ4v) is 1.71. The minimum Gasteiger partial charge on any atom is -0.506 e. The maximum Gasteiger partial charge on any atom is 0.141 e. The molecule has 0 unspecified atom stereocenters. The van der Waals surface area contributed by atoms with Gasteiger partial charge in [-0.3, -0.25) is 0 Å². The number of nitrogens with one attached hydrogen (secondary N) is 1. The molecule has 0 radical (unpaired) electrons. The van der Waals surface area contributed by atoms with Crippen LogP contribution in [0.5, 0.6) is 5.75 Å². The van der Waals surface area contributed by atoms with E-state index in [9.17, 15) is 5.11 Å². The standard InChI is InChI=1S/C13H17N3O/c1-3-14-8-11-9-16(15-10(11)2)12-6-4-5-7-13(12)17/h4-7,9,14,17H,3,8H2,1-2H3. The van der Waals surface area contributed by atoms with Gasteiger partial charge in [-0.1, -0.05) is 19.1 Å². The summed E-state index contributed by atoms with van der Waals surface area (Å²) in [7, 11) is 0. The molecule has 0 spiro atoms. The van der Waals surface area contributed by atoms with Gasteiger partial charge in [-0.05, 0) is 25.6 Å². The number of aryl methyl sites for hydroxylation is 1. The molecule has 0 amide bonds. The van der Waals surface area contributed by atoms with E-state index in [0.29, 0.717) is 5.69 Å². The molecule has 0 aliphatic rings. The van der Waals surface area contributed by atoms with Crippen molar-refractivity contribution in [3.63, 3.8) is 0 Å². The number of aromatic nitrogens is 2. The largest absolute Gasteiger partial charge is 0.506 e. The summed E-state index contributed by atoms with van der Waals surface area (Å²) in [5, 5.41) is 17.4. The molecule has 1 heterocycles. The van der Waals surface area contributed by atoms with Crippen molar-refractivity contribution in [3.8, 4) is 11.4 Å². The van der Waals surface area contributed by atoms with E-state index >= 15 is 0 Å². The lowest BCUT2D eigenvalue weighted by Gasteiger charge is -2.03. The Kier molecular flexibility index (Phi) is 3.44. The van der Waals surface area contributed by atoms with Crippen LogP contribution in [0.2, 0.25) is 0 Å². The maximum atomic E-state index is 9.76. The van der Waals surface area contributed by atoms with Gasteiger partial charge in [0.2, 0.25) is 0 Å². The van der Waals surface area contributed by atoms with E-state index in [1.165, 1.54) is 0 Å². The van der Waals surface area contributed by atoms with Crippen LogP contribution in [0.1, 0.15) is 18.2 Å². The highest BCUT2D eigenvalue weighted by Gasteiger charge is 2.08. The monoisotopic (exact) mass is 231 g/mol. The van der Waals surface area contributed by atoms with Gasteiger partial charge in [0.05, 0.1) is 5.69 Å². The van der Waals surface area contributed by atoms with Gasteiger partial charge in [0.15, 0.2) is 0 Å². The summed E-state index contributed by atoms with van der Waals surface area (Å²) < 4.78 is 1.72. The first-order chi connectivity index (χ1) is 8.22. The van der Waals surface area contributed by atoms with Gasteiger partial charge < -0.3 is 10.4 Å². The topological polar surface area (TPSA) is 50.1 Å². The van der Waals surface area contributed by atoms with Crippen LogP contribution in [0.25, 0.3) is 5.69 Å². The number of aromatic hydroxyl groups is 1. The van der Waals surface area contributed by atoms with E-state index in [2.05, 4.69) is 17.3 Å². The van der Waals surface area contributed by atoms with Gasteiger partial charge in [0, 0.05) is 18.3 Å². The van der Waals surface area contributed by atoms with Crippen LogP contribution in [-0.2, 0) is 6.54 Å². The Hall–Kier alpha value is -1.81. The molecule has 90 valence electrons. The Morgan fingerprint density at radius 1 is 1.35 bits per heavy atom. The first-order valence-electron chi connectivity index (χ1n) is 5.76. The average Bonchev–Trinajstić information content (AvgIpc) is 2.68. The van der Waals surface area contributed by atoms with Crippen molar-refractivity contribution in [2.45, 2.75) is 20.4 Å².